The summed E-state index contributed by atoms with van der Waals surface area (Å²) in [7, 11) is 0. The molecule has 0 fully saturated rings. The average Bonchev–Trinajstić information content (AvgIpc) is 3.16. The van der Waals surface area contributed by atoms with Gasteiger partial charge in [-0.2, -0.15) is 0 Å². The summed E-state index contributed by atoms with van der Waals surface area (Å²) in [4.78, 5) is 12.4. The quantitative estimate of drug-likeness (QED) is 0.0398. The fraction of sp³-hybridized carbons (Fsp3) is 0.979. The summed E-state index contributed by atoms with van der Waals surface area (Å²) in [5, 5.41) is 43.1. The lowest BCUT2D eigenvalue weighted by atomic mass is 9.99. The fourth-order valence-electron chi connectivity index (χ4n) is 7.76. The van der Waals surface area contributed by atoms with Gasteiger partial charge in [-0.15, -0.1) is 0 Å². The molecule has 0 aromatic heterocycles. The SMILES string of the molecule is CCCCCCCCCCCCCCCCCCCCCCCCCCCCCCCCCCC(O)C(=O)NC(CO)C(O)C(O)CCCCCCC. The van der Waals surface area contributed by atoms with Crippen molar-refractivity contribution in [3.63, 3.8) is 0 Å². The van der Waals surface area contributed by atoms with E-state index in [1.165, 1.54) is 186 Å². The number of hydrogen-bond acceptors (Lipinski definition) is 5. The molecule has 0 spiro atoms. The van der Waals surface area contributed by atoms with E-state index in [2.05, 4.69) is 19.2 Å². The fourth-order valence-corrected chi connectivity index (χ4v) is 7.76. The molecule has 0 aromatic rings. The van der Waals surface area contributed by atoms with Crippen LogP contribution in [0.1, 0.15) is 264 Å². The number of nitrogens with one attached hydrogen (secondary N) is 1. The number of hydrogen-bond donors (Lipinski definition) is 5. The Morgan fingerprint density at radius 2 is 0.642 bits per heavy atom. The summed E-state index contributed by atoms with van der Waals surface area (Å²) in [6, 6.07) is -0.976. The summed E-state index contributed by atoms with van der Waals surface area (Å²) < 4.78 is 0. The Morgan fingerprint density at radius 1 is 0.396 bits per heavy atom. The molecule has 4 unspecified atom stereocenters. The van der Waals surface area contributed by atoms with Crippen molar-refractivity contribution in [2.45, 2.75) is 289 Å². The minimum Gasteiger partial charge on any atom is -0.394 e. The molecular formula is C47H95NO5. The van der Waals surface area contributed by atoms with Gasteiger partial charge in [0.2, 0.25) is 5.91 Å². The van der Waals surface area contributed by atoms with Crippen molar-refractivity contribution in [2.24, 2.45) is 0 Å². The second-order valence-electron chi connectivity index (χ2n) is 16.8. The zero-order valence-electron chi connectivity index (χ0n) is 35.8. The van der Waals surface area contributed by atoms with Crippen molar-refractivity contribution in [1.82, 2.24) is 5.32 Å². The Kier molecular flexibility index (Phi) is 41.9. The Balaban J connectivity index is 3.42. The highest BCUT2D eigenvalue weighted by Gasteiger charge is 2.28. The molecule has 0 aliphatic heterocycles. The Bertz CT molecular complexity index is 721. The lowest BCUT2D eigenvalue weighted by Gasteiger charge is -2.27. The molecule has 53 heavy (non-hydrogen) atoms. The van der Waals surface area contributed by atoms with Crippen molar-refractivity contribution < 1.29 is 25.2 Å². The maximum atomic E-state index is 12.4. The number of amides is 1. The molecule has 6 heteroatoms. The monoisotopic (exact) mass is 754 g/mol. The number of unbranched alkanes of at least 4 members (excludes halogenated alkanes) is 35. The van der Waals surface area contributed by atoms with Gasteiger partial charge >= 0.3 is 0 Å². The zero-order chi connectivity index (χ0) is 38.9. The van der Waals surface area contributed by atoms with Gasteiger partial charge in [-0.05, 0) is 12.8 Å². The van der Waals surface area contributed by atoms with E-state index < -0.39 is 36.9 Å². The highest BCUT2D eigenvalue weighted by atomic mass is 16.3. The summed E-state index contributed by atoms with van der Waals surface area (Å²) in [5.41, 5.74) is 0. The van der Waals surface area contributed by atoms with E-state index >= 15 is 0 Å². The van der Waals surface area contributed by atoms with E-state index in [1.807, 2.05) is 0 Å². The standard InChI is InChI=1S/C47H95NO5/c1-3-5-7-9-10-11-12-13-14-15-16-17-18-19-20-21-22-23-24-25-26-27-28-29-30-31-32-33-34-35-37-39-41-45(51)47(53)48-43(42-49)46(52)44(50)40-38-36-8-6-4-2/h43-46,49-52H,3-42H2,1-2H3,(H,48,53). The van der Waals surface area contributed by atoms with E-state index in [9.17, 15) is 25.2 Å². The van der Waals surface area contributed by atoms with Gasteiger partial charge in [-0.3, -0.25) is 4.79 Å². The Morgan fingerprint density at radius 3 is 0.906 bits per heavy atom. The minimum absolute atomic E-state index is 0.375. The summed E-state index contributed by atoms with van der Waals surface area (Å²) in [6.45, 7) is 3.96. The molecule has 4 atom stereocenters. The highest BCUT2D eigenvalue weighted by Crippen LogP contribution is 2.18. The largest absolute Gasteiger partial charge is 0.394 e. The normalized spacial score (nSPS) is 14.0. The molecule has 0 rings (SSSR count). The second-order valence-corrected chi connectivity index (χ2v) is 16.8. The molecule has 0 heterocycles. The smallest absolute Gasteiger partial charge is 0.249 e. The van der Waals surface area contributed by atoms with Crippen LogP contribution in [0, 0.1) is 0 Å². The van der Waals surface area contributed by atoms with Crippen molar-refractivity contribution in [1.29, 1.82) is 0 Å². The van der Waals surface area contributed by atoms with Gasteiger partial charge in [0, 0.05) is 0 Å². The molecule has 0 bridgehead atoms. The van der Waals surface area contributed by atoms with Gasteiger partial charge in [-0.25, -0.2) is 0 Å². The summed E-state index contributed by atoms with van der Waals surface area (Å²) in [6.07, 6.45) is 46.5. The average molecular weight is 754 g/mol. The molecule has 0 aliphatic rings. The first-order chi connectivity index (χ1) is 26.0. The third kappa shape index (κ3) is 36.7. The van der Waals surface area contributed by atoms with E-state index in [-0.39, 0.29) is 0 Å². The van der Waals surface area contributed by atoms with Crippen LogP contribution in [0.25, 0.3) is 0 Å². The number of carbonyl (C=O) groups excluding carboxylic acids is 1. The van der Waals surface area contributed by atoms with E-state index in [0.29, 0.717) is 12.8 Å². The number of rotatable bonds is 44. The molecular weight excluding hydrogens is 659 g/mol. The van der Waals surface area contributed by atoms with E-state index in [0.717, 1.165) is 51.4 Å². The lowest BCUT2D eigenvalue weighted by molar-refractivity contribution is -0.132. The molecule has 318 valence electrons. The van der Waals surface area contributed by atoms with Crippen molar-refractivity contribution in [2.75, 3.05) is 6.61 Å². The van der Waals surface area contributed by atoms with Crippen molar-refractivity contribution in [3.05, 3.63) is 0 Å². The summed E-state index contributed by atoms with van der Waals surface area (Å²) in [5.74, 6) is -0.584. The maximum absolute atomic E-state index is 12.4. The van der Waals surface area contributed by atoms with E-state index in [1.54, 1.807) is 0 Å². The van der Waals surface area contributed by atoms with Crippen LogP contribution in [0.2, 0.25) is 0 Å². The van der Waals surface area contributed by atoms with Crippen molar-refractivity contribution in [3.8, 4) is 0 Å². The third-order valence-electron chi connectivity index (χ3n) is 11.6. The molecule has 0 aromatic carbocycles. The molecule has 0 aliphatic carbocycles. The zero-order valence-corrected chi connectivity index (χ0v) is 35.8. The lowest BCUT2D eigenvalue weighted by Crippen LogP contribution is -2.53. The molecule has 1 amide bonds. The first kappa shape index (κ1) is 52.3. The van der Waals surface area contributed by atoms with E-state index in [4.69, 9.17) is 0 Å². The predicted molar refractivity (Wildman–Crippen MR) is 228 cm³/mol. The first-order valence-corrected chi connectivity index (χ1v) is 23.9. The van der Waals surface area contributed by atoms with Crippen LogP contribution in [0.4, 0.5) is 0 Å². The van der Waals surface area contributed by atoms with Crippen molar-refractivity contribution >= 4 is 5.91 Å². The topological polar surface area (TPSA) is 110 Å². The van der Waals surface area contributed by atoms with Gasteiger partial charge in [0.25, 0.3) is 0 Å². The third-order valence-corrected chi connectivity index (χ3v) is 11.6. The Labute approximate surface area is 330 Å². The number of aliphatic hydroxyl groups excluding tert-OH is 4. The second kappa shape index (κ2) is 42.5. The van der Waals surface area contributed by atoms with Gasteiger partial charge in [0.1, 0.15) is 12.2 Å². The molecule has 0 radical (unpaired) electrons. The number of aliphatic hydroxyl groups is 4. The predicted octanol–water partition coefficient (Wildman–Crippen LogP) is 12.8. The van der Waals surface area contributed by atoms with Gasteiger partial charge < -0.3 is 25.7 Å². The van der Waals surface area contributed by atoms with Crippen LogP contribution >= 0.6 is 0 Å². The van der Waals surface area contributed by atoms with Crippen LogP contribution in [0.3, 0.4) is 0 Å². The Hall–Kier alpha value is -0.690. The van der Waals surface area contributed by atoms with Crippen LogP contribution in [-0.4, -0.2) is 57.3 Å². The minimum atomic E-state index is -1.25. The molecule has 5 N–H and O–H groups in total. The van der Waals surface area contributed by atoms with Gasteiger partial charge in [0.15, 0.2) is 0 Å². The molecule has 0 saturated carbocycles. The summed E-state index contributed by atoms with van der Waals surface area (Å²) >= 11 is 0. The van der Waals surface area contributed by atoms with Gasteiger partial charge in [-0.1, -0.05) is 251 Å². The number of carbonyl (C=O) groups is 1. The maximum Gasteiger partial charge on any atom is 0.249 e. The first-order valence-electron chi connectivity index (χ1n) is 23.9. The van der Waals surface area contributed by atoms with Crippen LogP contribution in [-0.2, 0) is 4.79 Å². The van der Waals surface area contributed by atoms with Crippen LogP contribution in [0.5, 0.6) is 0 Å². The van der Waals surface area contributed by atoms with Gasteiger partial charge in [0.05, 0.1) is 18.8 Å². The molecule has 6 nitrogen and oxygen atoms in total. The molecule has 0 saturated heterocycles. The van der Waals surface area contributed by atoms with Crippen LogP contribution < -0.4 is 5.32 Å². The highest BCUT2D eigenvalue weighted by molar-refractivity contribution is 5.80. The van der Waals surface area contributed by atoms with Crippen LogP contribution in [0.15, 0.2) is 0 Å².